The summed E-state index contributed by atoms with van der Waals surface area (Å²) < 4.78 is 0. The van der Waals surface area contributed by atoms with Crippen molar-refractivity contribution < 1.29 is 19.2 Å². The van der Waals surface area contributed by atoms with Gasteiger partial charge in [0.2, 0.25) is 11.8 Å². The molecular formula is C26H21N3O4. The highest BCUT2D eigenvalue weighted by atomic mass is 16.2. The van der Waals surface area contributed by atoms with Crippen molar-refractivity contribution in [2.24, 2.45) is 0 Å². The average molecular weight is 439 g/mol. The van der Waals surface area contributed by atoms with Gasteiger partial charge in [0, 0.05) is 12.1 Å². The number of carbonyl (C=O) groups is 4. The summed E-state index contributed by atoms with van der Waals surface area (Å²) in [6.45, 7) is 0. The molecule has 0 radical (unpaired) electrons. The largest absolute Gasteiger partial charge is 0.373 e. The molecular weight excluding hydrogens is 418 g/mol. The van der Waals surface area contributed by atoms with E-state index >= 15 is 0 Å². The third kappa shape index (κ3) is 3.67. The molecule has 5 rings (SSSR count). The molecule has 0 saturated carbocycles. The summed E-state index contributed by atoms with van der Waals surface area (Å²) in [5.74, 6) is -2.08. The molecule has 0 aliphatic carbocycles. The Labute approximate surface area is 190 Å². The molecule has 7 nitrogen and oxygen atoms in total. The Hall–Kier alpha value is -4.26. The van der Waals surface area contributed by atoms with Crippen LogP contribution in [0.5, 0.6) is 0 Å². The van der Waals surface area contributed by atoms with Crippen molar-refractivity contribution >= 4 is 29.3 Å². The third-order valence-electron chi connectivity index (χ3n) is 6.03. The summed E-state index contributed by atoms with van der Waals surface area (Å²) in [7, 11) is 0. The number of hydrogen-bond acceptors (Lipinski definition) is 5. The summed E-state index contributed by atoms with van der Waals surface area (Å²) in [5.41, 5.74) is 3.00. The second-order valence-electron chi connectivity index (χ2n) is 8.07. The maximum absolute atomic E-state index is 13.4. The van der Waals surface area contributed by atoms with Crippen LogP contribution >= 0.6 is 0 Å². The number of nitrogens with zero attached hydrogens (tertiary/aromatic N) is 1. The highest BCUT2D eigenvalue weighted by Crippen LogP contribution is 2.35. The molecule has 1 saturated heterocycles. The first-order valence-electron chi connectivity index (χ1n) is 10.8. The Bertz CT molecular complexity index is 1220. The molecule has 33 heavy (non-hydrogen) atoms. The number of hydrogen-bond donors (Lipinski definition) is 2. The first-order valence-corrected chi connectivity index (χ1v) is 10.8. The van der Waals surface area contributed by atoms with Crippen LogP contribution in [0.15, 0.2) is 78.9 Å². The summed E-state index contributed by atoms with van der Waals surface area (Å²) in [6, 6.07) is 23.5. The number of fused-ring (bicyclic) bond motifs is 1. The molecule has 1 atom stereocenters. The lowest BCUT2D eigenvalue weighted by Gasteiger charge is -2.28. The van der Waals surface area contributed by atoms with Crippen molar-refractivity contribution in [3.8, 4) is 0 Å². The van der Waals surface area contributed by atoms with Crippen molar-refractivity contribution in [2.45, 2.75) is 24.9 Å². The van der Waals surface area contributed by atoms with Crippen LogP contribution in [0.1, 0.15) is 50.7 Å². The van der Waals surface area contributed by atoms with Crippen molar-refractivity contribution in [1.82, 2.24) is 10.2 Å². The van der Waals surface area contributed by atoms with Crippen LogP contribution < -0.4 is 10.6 Å². The van der Waals surface area contributed by atoms with Gasteiger partial charge in [-0.05, 0) is 29.7 Å². The van der Waals surface area contributed by atoms with Crippen LogP contribution in [-0.2, 0) is 9.59 Å². The lowest BCUT2D eigenvalue weighted by molar-refractivity contribution is -0.136. The van der Waals surface area contributed by atoms with E-state index in [9.17, 15) is 19.2 Å². The van der Waals surface area contributed by atoms with Crippen molar-refractivity contribution in [3.05, 3.63) is 101 Å². The van der Waals surface area contributed by atoms with E-state index in [1.807, 2.05) is 60.7 Å². The third-order valence-corrected chi connectivity index (χ3v) is 6.03. The number of imide groups is 2. The minimum atomic E-state index is -0.998. The van der Waals surface area contributed by atoms with E-state index in [0.717, 1.165) is 16.0 Å². The van der Waals surface area contributed by atoms with E-state index in [1.165, 1.54) is 0 Å². The van der Waals surface area contributed by atoms with Crippen LogP contribution in [0.4, 0.5) is 5.69 Å². The lowest BCUT2D eigenvalue weighted by atomic mass is 9.97. The SMILES string of the molecule is O=C1CCC(N2C(=O)c3cccc(NC(c4ccccc4)c4ccccc4)c3C2=O)C(=O)N1. The maximum Gasteiger partial charge on any atom is 0.264 e. The molecule has 1 unspecified atom stereocenters. The molecule has 2 heterocycles. The highest BCUT2D eigenvalue weighted by molar-refractivity contribution is 6.25. The van der Waals surface area contributed by atoms with Crippen LogP contribution in [0.3, 0.4) is 0 Å². The zero-order valence-corrected chi connectivity index (χ0v) is 17.7. The predicted molar refractivity (Wildman–Crippen MR) is 121 cm³/mol. The predicted octanol–water partition coefficient (Wildman–Crippen LogP) is 3.29. The van der Waals surface area contributed by atoms with E-state index in [2.05, 4.69) is 10.6 Å². The van der Waals surface area contributed by atoms with E-state index in [4.69, 9.17) is 0 Å². The molecule has 2 aliphatic heterocycles. The van der Waals surface area contributed by atoms with Crippen LogP contribution in [0, 0.1) is 0 Å². The molecule has 0 aromatic heterocycles. The number of benzene rings is 3. The Kier molecular flexibility index (Phi) is 5.22. The van der Waals surface area contributed by atoms with Gasteiger partial charge in [-0.2, -0.15) is 0 Å². The van der Waals surface area contributed by atoms with Crippen LogP contribution in [-0.4, -0.2) is 34.6 Å². The van der Waals surface area contributed by atoms with E-state index in [1.54, 1.807) is 18.2 Å². The first-order chi connectivity index (χ1) is 16.0. The fourth-order valence-electron chi connectivity index (χ4n) is 4.44. The summed E-state index contributed by atoms with van der Waals surface area (Å²) in [6.07, 6.45) is 0.203. The second kappa shape index (κ2) is 8.35. The van der Waals surface area contributed by atoms with Gasteiger partial charge < -0.3 is 5.32 Å². The number of nitrogens with one attached hydrogen (secondary N) is 2. The number of rotatable bonds is 5. The average Bonchev–Trinajstić information content (AvgIpc) is 3.09. The molecule has 0 bridgehead atoms. The smallest absolute Gasteiger partial charge is 0.264 e. The van der Waals surface area contributed by atoms with Gasteiger partial charge in [0.1, 0.15) is 6.04 Å². The van der Waals surface area contributed by atoms with Gasteiger partial charge in [0.05, 0.1) is 17.2 Å². The molecule has 4 amide bonds. The number of amides is 4. The van der Waals surface area contributed by atoms with Crippen molar-refractivity contribution in [3.63, 3.8) is 0 Å². The summed E-state index contributed by atoms with van der Waals surface area (Å²) in [5, 5.41) is 5.67. The minimum absolute atomic E-state index is 0.0823. The normalized spacial score (nSPS) is 17.8. The van der Waals surface area contributed by atoms with E-state index in [0.29, 0.717) is 5.69 Å². The van der Waals surface area contributed by atoms with Gasteiger partial charge in [0.15, 0.2) is 0 Å². The topological polar surface area (TPSA) is 95.6 Å². The quantitative estimate of drug-likeness (QED) is 0.595. The Morgan fingerprint density at radius 3 is 2.03 bits per heavy atom. The number of piperidine rings is 1. The fourth-order valence-corrected chi connectivity index (χ4v) is 4.44. The molecule has 0 spiro atoms. The Morgan fingerprint density at radius 1 is 0.788 bits per heavy atom. The van der Waals surface area contributed by atoms with Gasteiger partial charge in [-0.25, -0.2) is 0 Å². The monoisotopic (exact) mass is 439 g/mol. The lowest BCUT2D eigenvalue weighted by Crippen LogP contribution is -2.54. The molecule has 3 aromatic carbocycles. The number of anilines is 1. The fraction of sp³-hybridized carbons (Fsp3) is 0.154. The Balaban J connectivity index is 1.52. The van der Waals surface area contributed by atoms with Crippen LogP contribution in [0.2, 0.25) is 0 Å². The maximum atomic E-state index is 13.4. The van der Waals surface area contributed by atoms with E-state index in [-0.39, 0.29) is 30.0 Å². The second-order valence-corrected chi connectivity index (χ2v) is 8.07. The van der Waals surface area contributed by atoms with Gasteiger partial charge in [0.25, 0.3) is 11.8 Å². The van der Waals surface area contributed by atoms with Gasteiger partial charge >= 0.3 is 0 Å². The highest BCUT2D eigenvalue weighted by Gasteiger charge is 2.45. The minimum Gasteiger partial charge on any atom is -0.373 e. The molecule has 7 heteroatoms. The number of carbonyl (C=O) groups excluding carboxylic acids is 4. The Morgan fingerprint density at radius 2 is 1.42 bits per heavy atom. The zero-order valence-electron chi connectivity index (χ0n) is 17.7. The summed E-state index contributed by atoms with van der Waals surface area (Å²) >= 11 is 0. The zero-order chi connectivity index (χ0) is 22.9. The molecule has 3 aromatic rings. The molecule has 2 N–H and O–H groups in total. The molecule has 1 fully saturated rings. The van der Waals surface area contributed by atoms with Crippen molar-refractivity contribution in [1.29, 1.82) is 0 Å². The first kappa shape index (κ1) is 20.6. The molecule has 2 aliphatic rings. The van der Waals surface area contributed by atoms with Gasteiger partial charge in [-0.1, -0.05) is 66.7 Å². The molecule has 164 valence electrons. The van der Waals surface area contributed by atoms with Crippen LogP contribution in [0.25, 0.3) is 0 Å². The van der Waals surface area contributed by atoms with E-state index < -0.39 is 29.7 Å². The van der Waals surface area contributed by atoms with Gasteiger partial charge in [-0.15, -0.1) is 0 Å². The summed E-state index contributed by atoms with van der Waals surface area (Å²) in [4.78, 5) is 51.4. The van der Waals surface area contributed by atoms with Gasteiger partial charge in [-0.3, -0.25) is 29.4 Å². The standard InChI is InChI=1S/C26H21N3O4/c30-21-15-14-20(24(31)28-21)29-25(32)18-12-7-13-19(22(18)26(29)33)27-23(16-8-3-1-4-9-16)17-10-5-2-6-11-17/h1-13,20,23,27H,14-15H2,(H,28,30,31). The van der Waals surface area contributed by atoms with Crippen molar-refractivity contribution in [2.75, 3.05) is 5.32 Å².